The Labute approximate surface area is 159 Å². The van der Waals surface area contributed by atoms with Gasteiger partial charge in [0.25, 0.3) is 0 Å². The summed E-state index contributed by atoms with van der Waals surface area (Å²) in [4.78, 5) is 12.2. The third-order valence-corrected chi connectivity index (χ3v) is 5.13. The summed E-state index contributed by atoms with van der Waals surface area (Å²) in [5, 5.41) is 39.9. The van der Waals surface area contributed by atoms with Crippen molar-refractivity contribution < 1.29 is 34.6 Å². The van der Waals surface area contributed by atoms with Crippen molar-refractivity contribution in [3.63, 3.8) is 0 Å². The Balaban J connectivity index is 1.41. The van der Waals surface area contributed by atoms with E-state index in [1.165, 1.54) is 12.7 Å². The predicted molar refractivity (Wildman–Crippen MR) is 92.6 cm³/mol. The quantitative estimate of drug-likeness (QED) is 0.381. The number of aliphatic hydroxyl groups excluding tert-OH is 4. The van der Waals surface area contributed by atoms with E-state index >= 15 is 0 Å². The lowest BCUT2D eigenvalue weighted by Gasteiger charge is -2.39. The van der Waals surface area contributed by atoms with Crippen molar-refractivity contribution in [3.8, 4) is 0 Å². The molecule has 28 heavy (non-hydrogen) atoms. The van der Waals surface area contributed by atoms with E-state index in [1.54, 1.807) is 11.5 Å². The Morgan fingerprint density at radius 1 is 1.14 bits per heavy atom. The molecular formula is C16H23N5O7. The van der Waals surface area contributed by atoms with Crippen LogP contribution in [0.15, 0.2) is 12.7 Å². The number of aromatic nitrogens is 4. The molecule has 2 aromatic heterocycles. The van der Waals surface area contributed by atoms with Gasteiger partial charge in [-0.15, -0.1) is 0 Å². The van der Waals surface area contributed by atoms with E-state index in [0.717, 1.165) is 0 Å². The monoisotopic (exact) mass is 397 g/mol. The number of hydrogen-bond donors (Lipinski definition) is 5. The first-order valence-corrected chi connectivity index (χ1v) is 8.94. The minimum absolute atomic E-state index is 0.0846. The average Bonchev–Trinajstić information content (AvgIpc) is 3.26. The SMILES string of the molecule is C[C@@H]1O[C@@H](OC[C@H]2O[C@@H](n3cnc4c(N)ncnc43)C[C@@H]2O)[C@@H](O)[C@H](O)[C@@H]1O. The van der Waals surface area contributed by atoms with Crippen LogP contribution in [0, 0.1) is 0 Å². The van der Waals surface area contributed by atoms with Crippen LogP contribution in [0.2, 0.25) is 0 Å². The molecule has 6 N–H and O–H groups in total. The number of rotatable bonds is 4. The summed E-state index contributed by atoms with van der Waals surface area (Å²) in [5.74, 6) is 0.250. The number of aliphatic hydroxyl groups is 4. The molecule has 2 saturated heterocycles. The van der Waals surface area contributed by atoms with E-state index in [1.807, 2.05) is 0 Å². The van der Waals surface area contributed by atoms with Gasteiger partial charge >= 0.3 is 0 Å². The minimum Gasteiger partial charge on any atom is -0.390 e. The minimum atomic E-state index is -1.42. The van der Waals surface area contributed by atoms with Gasteiger partial charge in [-0.3, -0.25) is 4.57 Å². The summed E-state index contributed by atoms with van der Waals surface area (Å²) >= 11 is 0. The number of fused-ring (bicyclic) bond motifs is 1. The maximum atomic E-state index is 10.3. The average molecular weight is 397 g/mol. The smallest absolute Gasteiger partial charge is 0.186 e. The van der Waals surface area contributed by atoms with Gasteiger partial charge in [-0.25, -0.2) is 15.0 Å². The molecule has 4 heterocycles. The highest BCUT2D eigenvalue weighted by Gasteiger charge is 2.43. The van der Waals surface area contributed by atoms with Gasteiger partial charge in [0.2, 0.25) is 0 Å². The molecule has 0 aliphatic carbocycles. The maximum Gasteiger partial charge on any atom is 0.186 e. The second kappa shape index (κ2) is 7.48. The Hall–Kier alpha value is -1.93. The summed E-state index contributed by atoms with van der Waals surface area (Å²) in [7, 11) is 0. The van der Waals surface area contributed by atoms with Crippen LogP contribution in [0.5, 0.6) is 0 Å². The van der Waals surface area contributed by atoms with Crippen molar-refractivity contribution in [1.29, 1.82) is 0 Å². The molecule has 12 heteroatoms. The first-order valence-electron chi connectivity index (χ1n) is 8.94. The third-order valence-electron chi connectivity index (χ3n) is 5.13. The summed E-state index contributed by atoms with van der Waals surface area (Å²) in [5.41, 5.74) is 6.72. The standard InChI is InChI=1S/C16H23N5O7/c1-6-11(23)12(24)13(25)16(27-6)26-3-8-7(22)2-9(28-8)21-5-20-10-14(17)18-4-19-15(10)21/h4-9,11-13,16,22-25H,2-3H2,1H3,(H2,17,18,19)/t6-,7-,8+,9+,11+,12+,13-,16+/m0/s1. The lowest BCUT2D eigenvalue weighted by molar-refractivity contribution is -0.298. The van der Waals surface area contributed by atoms with E-state index in [9.17, 15) is 20.4 Å². The van der Waals surface area contributed by atoms with Gasteiger partial charge in [0.05, 0.1) is 25.1 Å². The molecule has 0 unspecified atom stereocenters. The second-order valence-corrected chi connectivity index (χ2v) is 7.03. The summed E-state index contributed by atoms with van der Waals surface area (Å²) in [6.07, 6.45) is -4.84. The Morgan fingerprint density at radius 3 is 2.71 bits per heavy atom. The van der Waals surface area contributed by atoms with Gasteiger partial charge in [0, 0.05) is 6.42 Å². The van der Waals surface area contributed by atoms with Crippen LogP contribution in [-0.2, 0) is 14.2 Å². The van der Waals surface area contributed by atoms with E-state index in [-0.39, 0.29) is 18.8 Å². The number of ether oxygens (including phenoxy) is 3. The highest BCUT2D eigenvalue weighted by molar-refractivity contribution is 5.81. The van der Waals surface area contributed by atoms with Gasteiger partial charge in [0.1, 0.15) is 42.5 Å². The van der Waals surface area contributed by atoms with Crippen molar-refractivity contribution in [2.75, 3.05) is 12.3 Å². The summed E-state index contributed by atoms with van der Waals surface area (Å²) in [6.45, 7) is 1.48. The van der Waals surface area contributed by atoms with Crippen LogP contribution in [0.4, 0.5) is 5.82 Å². The molecule has 0 aromatic carbocycles. The predicted octanol–water partition coefficient (Wildman–Crippen LogP) is -2.10. The number of imidazole rings is 1. The van der Waals surface area contributed by atoms with Crippen LogP contribution in [-0.4, -0.2) is 89.5 Å². The zero-order valence-corrected chi connectivity index (χ0v) is 15.1. The number of anilines is 1. The molecular weight excluding hydrogens is 374 g/mol. The van der Waals surface area contributed by atoms with E-state index in [2.05, 4.69) is 15.0 Å². The first kappa shape index (κ1) is 19.4. The van der Waals surface area contributed by atoms with Crippen LogP contribution < -0.4 is 5.73 Å². The van der Waals surface area contributed by atoms with E-state index in [0.29, 0.717) is 11.2 Å². The van der Waals surface area contributed by atoms with Crippen LogP contribution in [0.1, 0.15) is 19.6 Å². The molecule has 2 aliphatic rings. The first-order chi connectivity index (χ1) is 13.4. The Morgan fingerprint density at radius 2 is 1.93 bits per heavy atom. The second-order valence-electron chi connectivity index (χ2n) is 7.03. The van der Waals surface area contributed by atoms with Crippen molar-refractivity contribution >= 4 is 17.0 Å². The normalized spacial score (nSPS) is 38.9. The van der Waals surface area contributed by atoms with Gasteiger partial charge in [0.15, 0.2) is 17.8 Å². The van der Waals surface area contributed by atoms with E-state index in [4.69, 9.17) is 19.9 Å². The lowest BCUT2D eigenvalue weighted by atomic mass is 10.00. The maximum absolute atomic E-state index is 10.3. The van der Waals surface area contributed by atoms with Crippen LogP contribution in [0.3, 0.4) is 0 Å². The molecule has 0 saturated carbocycles. The number of nitrogens with zero attached hydrogens (tertiary/aromatic N) is 4. The Kier molecular flexibility index (Phi) is 5.18. The molecule has 0 amide bonds. The van der Waals surface area contributed by atoms with Crippen molar-refractivity contribution in [3.05, 3.63) is 12.7 Å². The number of nitrogens with two attached hydrogens (primary N) is 1. The van der Waals surface area contributed by atoms with Gasteiger partial charge in [-0.1, -0.05) is 0 Å². The van der Waals surface area contributed by atoms with Crippen molar-refractivity contribution in [2.24, 2.45) is 0 Å². The summed E-state index contributed by atoms with van der Waals surface area (Å²) < 4.78 is 18.4. The molecule has 0 spiro atoms. The van der Waals surface area contributed by atoms with Crippen LogP contribution in [0.25, 0.3) is 11.2 Å². The van der Waals surface area contributed by atoms with Crippen molar-refractivity contribution in [2.45, 2.75) is 62.5 Å². The zero-order chi connectivity index (χ0) is 20.0. The molecule has 12 nitrogen and oxygen atoms in total. The third kappa shape index (κ3) is 3.33. The van der Waals surface area contributed by atoms with E-state index < -0.39 is 49.1 Å². The zero-order valence-electron chi connectivity index (χ0n) is 15.1. The van der Waals surface area contributed by atoms with Crippen molar-refractivity contribution in [1.82, 2.24) is 19.5 Å². The van der Waals surface area contributed by atoms with Gasteiger partial charge in [-0.05, 0) is 6.92 Å². The van der Waals surface area contributed by atoms with Gasteiger partial charge < -0.3 is 40.4 Å². The fraction of sp³-hybridized carbons (Fsp3) is 0.688. The highest BCUT2D eigenvalue weighted by Crippen LogP contribution is 2.32. The fourth-order valence-electron chi connectivity index (χ4n) is 3.46. The molecule has 154 valence electrons. The molecule has 0 radical (unpaired) electrons. The molecule has 2 fully saturated rings. The lowest BCUT2D eigenvalue weighted by Crippen LogP contribution is -2.57. The largest absolute Gasteiger partial charge is 0.390 e. The van der Waals surface area contributed by atoms with Gasteiger partial charge in [-0.2, -0.15) is 0 Å². The number of nitrogen functional groups attached to an aromatic ring is 1. The van der Waals surface area contributed by atoms with Crippen LogP contribution >= 0.6 is 0 Å². The molecule has 8 atom stereocenters. The highest BCUT2D eigenvalue weighted by atomic mass is 16.7. The Bertz CT molecular complexity index is 835. The summed E-state index contributed by atoms with van der Waals surface area (Å²) in [6, 6.07) is 0. The molecule has 0 bridgehead atoms. The molecule has 4 rings (SSSR count). The number of hydrogen-bond acceptors (Lipinski definition) is 11. The topological polar surface area (TPSA) is 178 Å². The molecule has 2 aromatic rings. The fourth-order valence-corrected chi connectivity index (χ4v) is 3.46. The molecule has 2 aliphatic heterocycles.